The first-order valence-corrected chi connectivity index (χ1v) is 7.95. The Balaban J connectivity index is 3.60. The lowest BCUT2D eigenvalue weighted by Gasteiger charge is -2.27. The van der Waals surface area contributed by atoms with E-state index >= 15 is 0 Å². The Kier molecular flexibility index (Phi) is 4.88. The van der Waals surface area contributed by atoms with Crippen LogP contribution in [0.5, 0.6) is 0 Å². The van der Waals surface area contributed by atoms with Gasteiger partial charge in [0.05, 0.1) is 10.6 Å². The van der Waals surface area contributed by atoms with Crippen LogP contribution in [0.1, 0.15) is 0 Å². The second-order valence-corrected chi connectivity index (χ2v) is 7.59. The molecule has 3 nitrogen and oxygen atoms in total. The van der Waals surface area contributed by atoms with Gasteiger partial charge in [-0.2, -0.15) is 30.7 Å². The average Bonchev–Trinajstić information content (AvgIpc) is 2.33. The number of halogens is 9. The molecular formula is C9H4Br2F7NO2S. The molecule has 1 aromatic carbocycles. The van der Waals surface area contributed by atoms with Gasteiger partial charge in [0, 0.05) is 8.95 Å². The number of nitrogens with two attached hydrogens (primary N) is 1. The molecule has 0 bridgehead atoms. The topological polar surface area (TPSA) is 60.2 Å². The van der Waals surface area contributed by atoms with Gasteiger partial charge in [-0.15, -0.1) is 0 Å². The molecule has 1 aromatic rings. The molecular weight excluding hydrogens is 479 g/mol. The Morgan fingerprint density at radius 1 is 0.909 bits per heavy atom. The van der Waals surface area contributed by atoms with Crippen molar-refractivity contribution in [3.8, 4) is 0 Å². The third-order valence-corrected chi connectivity index (χ3v) is 5.52. The van der Waals surface area contributed by atoms with Crippen LogP contribution in [0.25, 0.3) is 0 Å². The molecule has 0 spiro atoms. The number of benzene rings is 1. The van der Waals surface area contributed by atoms with Gasteiger partial charge >= 0.3 is 17.4 Å². The summed E-state index contributed by atoms with van der Waals surface area (Å²) in [5.41, 5.74) is 5.19. The maximum Gasteiger partial charge on any atom is 0.461 e. The van der Waals surface area contributed by atoms with Crippen LogP contribution in [0.3, 0.4) is 0 Å². The second kappa shape index (κ2) is 5.51. The Morgan fingerprint density at radius 3 is 1.59 bits per heavy atom. The molecule has 0 radical (unpaired) electrons. The number of hydrogen-bond acceptors (Lipinski definition) is 3. The first-order valence-electron chi connectivity index (χ1n) is 4.89. The van der Waals surface area contributed by atoms with Gasteiger partial charge in [-0.1, -0.05) is 0 Å². The third-order valence-electron chi connectivity index (χ3n) is 2.42. The van der Waals surface area contributed by atoms with Gasteiger partial charge in [-0.05, 0) is 44.0 Å². The van der Waals surface area contributed by atoms with Gasteiger partial charge in [-0.25, -0.2) is 8.42 Å². The molecule has 0 aliphatic carbocycles. The highest BCUT2D eigenvalue weighted by molar-refractivity contribution is 9.11. The molecule has 0 fully saturated rings. The maximum absolute atomic E-state index is 13.4. The quantitative estimate of drug-likeness (QED) is 0.514. The Morgan fingerprint density at radius 2 is 1.27 bits per heavy atom. The van der Waals surface area contributed by atoms with Crippen molar-refractivity contribution in [3.05, 3.63) is 21.1 Å². The van der Waals surface area contributed by atoms with E-state index in [4.69, 9.17) is 5.73 Å². The van der Waals surface area contributed by atoms with E-state index in [0.29, 0.717) is 12.1 Å². The van der Waals surface area contributed by atoms with Gasteiger partial charge in [0.2, 0.25) is 9.84 Å². The van der Waals surface area contributed by atoms with Crippen molar-refractivity contribution in [2.24, 2.45) is 0 Å². The van der Waals surface area contributed by atoms with E-state index in [9.17, 15) is 39.2 Å². The predicted octanol–water partition coefficient (Wildman–Crippen LogP) is 4.36. The first-order chi connectivity index (χ1) is 9.57. The van der Waals surface area contributed by atoms with Crippen LogP contribution in [0, 0.1) is 0 Å². The van der Waals surface area contributed by atoms with E-state index in [0.717, 1.165) is 0 Å². The lowest BCUT2D eigenvalue weighted by molar-refractivity contribution is -0.332. The largest absolute Gasteiger partial charge is 0.461 e. The summed E-state index contributed by atoms with van der Waals surface area (Å²) in [4.78, 5) is -1.46. The molecule has 0 aromatic heterocycles. The standard InChI is InChI=1S/C9H4Br2F7NO2S/c10-4-1-3(2-5(11)6(4)19)22(20,21)9(17,18)7(12,13)8(14,15)16/h1-2H,19H2. The zero-order chi connectivity index (χ0) is 17.7. The number of anilines is 1. The van der Waals surface area contributed by atoms with Crippen LogP contribution in [0.15, 0.2) is 26.0 Å². The molecule has 0 amide bonds. The Hall–Kier alpha value is -0.560. The van der Waals surface area contributed by atoms with Crippen LogP contribution >= 0.6 is 31.9 Å². The predicted molar refractivity (Wildman–Crippen MR) is 69.4 cm³/mol. The van der Waals surface area contributed by atoms with Crippen molar-refractivity contribution in [2.45, 2.75) is 22.2 Å². The molecule has 13 heteroatoms. The van der Waals surface area contributed by atoms with E-state index in [2.05, 4.69) is 31.9 Å². The number of rotatable bonds is 3. The van der Waals surface area contributed by atoms with Crippen molar-refractivity contribution in [3.63, 3.8) is 0 Å². The summed E-state index contributed by atoms with van der Waals surface area (Å²) in [6.07, 6.45) is -6.76. The molecule has 0 aliphatic rings. The number of hydrogen-bond donors (Lipinski definition) is 1. The molecule has 0 unspecified atom stereocenters. The van der Waals surface area contributed by atoms with Gasteiger partial charge < -0.3 is 5.73 Å². The third kappa shape index (κ3) is 2.82. The molecule has 0 heterocycles. The summed E-state index contributed by atoms with van der Waals surface area (Å²) in [6.45, 7) is 0. The molecule has 0 aliphatic heterocycles. The lowest BCUT2D eigenvalue weighted by atomic mass is 10.3. The fourth-order valence-electron chi connectivity index (χ4n) is 1.20. The summed E-state index contributed by atoms with van der Waals surface area (Å²) in [5, 5.41) is -6.41. The maximum atomic E-state index is 13.4. The first kappa shape index (κ1) is 19.5. The van der Waals surface area contributed by atoms with E-state index < -0.39 is 32.1 Å². The minimum absolute atomic E-state index is 0.162. The molecule has 126 valence electrons. The summed E-state index contributed by atoms with van der Waals surface area (Å²) in [7, 11) is -6.36. The molecule has 0 saturated carbocycles. The van der Waals surface area contributed by atoms with Crippen LogP contribution in [-0.4, -0.2) is 25.8 Å². The number of alkyl halides is 7. The molecule has 0 atom stereocenters. The normalized spacial score (nSPS) is 14.2. The van der Waals surface area contributed by atoms with E-state index in [1.807, 2.05) is 0 Å². The average molecular weight is 483 g/mol. The summed E-state index contributed by atoms with van der Waals surface area (Å²) in [6, 6.07) is 0.797. The second-order valence-electron chi connectivity index (χ2n) is 3.89. The highest BCUT2D eigenvalue weighted by atomic mass is 79.9. The SMILES string of the molecule is Nc1c(Br)cc(S(=O)(=O)C(F)(F)C(F)(F)C(F)(F)F)cc1Br. The molecule has 2 N–H and O–H groups in total. The molecule has 0 saturated heterocycles. The highest BCUT2D eigenvalue weighted by Gasteiger charge is 2.78. The lowest BCUT2D eigenvalue weighted by Crippen LogP contribution is -2.55. The monoisotopic (exact) mass is 481 g/mol. The van der Waals surface area contributed by atoms with Crippen LogP contribution in [0.2, 0.25) is 0 Å². The van der Waals surface area contributed by atoms with Gasteiger partial charge in [0.25, 0.3) is 0 Å². The highest BCUT2D eigenvalue weighted by Crippen LogP contribution is 2.51. The van der Waals surface area contributed by atoms with Crippen molar-refractivity contribution >= 4 is 47.4 Å². The minimum Gasteiger partial charge on any atom is -0.397 e. The van der Waals surface area contributed by atoms with Crippen LogP contribution < -0.4 is 5.73 Å². The van der Waals surface area contributed by atoms with Gasteiger partial charge in [0.1, 0.15) is 0 Å². The smallest absolute Gasteiger partial charge is 0.397 e. The Labute approximate surface area is 135 Å². The summed E-state index contributed by atoms with van der Waals surface area (Å²) in [5.74, 6) is -6.78. The van der Waals surface area contributed by atoms with Crippen molar-refractivity contribution in [1.82, 2.24) is 0 Å². The summed E-state index contributed by atoms with van der Waals surface area (Å²) >= 11 is 5.34. The van der Waals surface area contributed by atoms with Gasteiger partial charge in [-0.3, -0.25) is 0 Å². The molecule has 1 rings (SSSR count). The molecule has 22 heavy (non-hydrogen) atoms. The summed E-state index contributed by atoms with van der Waals surface area (Å²) < 4.78 is 111. The van der Waals surface area contributed by atoms with Crippen molar-refractivity contribution in [2.75, 3.05) is 5.73 Å². The zero-order valence-corrected chi connectivity index (χ0v) is 13.8. The van der Waals surface area contributed by atoms with Crippen molar-refractivity contribution in [1.29, 1.82) is 0 Å². The van der Waals surface area contributed by atoms with Crippen LogP contribution in [-0.2, 0) is 9.84 Å². The minimum atomic E-state index is -6.78. The zero-order valence-electron chi connectivity index (χ0n) is 9.86. The van der Waals surface area contributed by atoms with Crippen molar-refractivity contribution < 1.29 is 39.2 Å². The van der Waals surface area contributed by atoms with E-state index in [1.54, 1.807) is 0 Å². The number of nitrogen functional groups attached to an aromatic ring is 1. The Bertz CT molecular complexity index is 679. The van der Waals surface area contributed by atoms with Gasteiger partial charge in [0.15, 0.2) is 0 Å². The van der Waals surface area contributed by atoms with E-state index in [1.165, 1.54) is 0 Å². The van der Waals surface area contributed by atoms with E-state index in [-0.39, 0.29) is 14.6 Å². The van der Waals surface area contributed by atoms with Crippen LogP contribution in [0.4, 0.5) is 36.4 Å². The number of sulfone groups is 1. The fourth-order valence-corrected chi connectivity index (χ4v) is 3.98. The fraction of sp³-hybridized carbons (Fsp3) is 0.333.